The van der Waals surface area contributed by atoms with Crippen molar-refractivity contribution in [2.45, 2.75) is 25.9 Å². The number of anilines is 2. The number of rotatable bonds is 12. The van der Waals surface area contributed by atoms with E-state index in [2.05, 4.69) is 63.7 Å². The molecule has 6 rings (SSSR count). The maximum Gasteiger partial charge on any atom is 0.236 e. The number of nitrogens with one attached hydrogen (secondary N) is 2. The third kappa shape index (κ3) is 8.87. The molecule has 3 heterocycles. The first-order valence-corrected chi connectivity index (χ1v) is 17.2. The molecule has 1 atom stereocenters. The molecular formula is C38H41FN6O3S. The van der Waals surface area contributed by atoms with Crippen LogP contribution in [0.1, 0.15) is 18.9 Å². The van der Waals surface area contributed by atoms with Crippen LogP contribution in [0.5, 0.6) is 11.5 Å². The second-order valence-electron chi connectivity index (χ2n) is 12.5. The fraction of sp³-hybridized carbons (Fsp3) is 0.289. The molecule has 49 heavy (non-hydrogen) atoms. The highest BCUT2D eigenvalue weighted by atomic mass is 32.1. The first-order valence-electron chi connectivity index (χ1n) is 16.4. The molecular weight excluding hydrogens is 640 g/mol. The average Bonchev–Trinajstić information content (AvgIpc) is 3.55. The van der Waals surface area contributed by atoms with Crippen LogP contribution in [0.25, 0.3) is 20.7 Å². The number of nitrogens with zero attached hydrogens (tertiary/aromatic N) is 4. The topological polar surface area (TPSA) is 90.0 Å². The number of hydrogen-bond donors (Lipinski definition) is 2. The molecule has 0 radical (unpaired) electrons. The van der Waals surface area contributed by atoms with E-state index in [-0.39, 0.29) is 23.8 Å². The van der Waals surface area contributed by atoms with E-state index in [0.29, 0.717) is 17.5 Å². The standard InChI is InChI=1S/C38H41FN6O3S/c1-26(25-45-18-16-43(2)17-19-45)41-24-27-8-7-9-28(20-27)35-22-32-38(49-35)34(14-15-40-32)48-33-13-12-29(21-31(33)39)42-36(46)23-37(47)44(3)30-10-5-4-6-11-30/h4-15,20-22,26,41H,16-19,23-25H2,1-3H3,(H,42,46). The van der Waals surface area contributed by atoms with E-state index in [1.165, 1.54) is 22.6 Å². The summed E-state index contributed by atoms with van der Waals surface area (Å²) in [5, 5.41) is 6.28. The first kappa shape index (κ1) is 34.2. The van der Waals surface area contributed by atoms with Gasteiger partial charge in [-0.15, -0.1) is 11.3 Å². The number of amides is 2. The van der Waals surface area contributed by atoms with Gasteiger partial charge in [0.1, 0.15) is 12.2 Å². The summed E-state index contributed by atoms with van der Waals surface area (Å²) < 4.78 is 22.1. The van der Waals surface area contributed by atoms with Crippen molar-refractivity contribution < 1.29 is 18.7 Å². The number of halogens is 1. The summed E-state index contributed by atoms with van der Waals surface area (Å²) in [6.07, 6.45) is 1.27. The molecule has 254 valence electrons. The molecule has 1 aliphatic rings. The predicted octanol–water partition coefficient (Wildman–Crippen LogP) is 6.61. The Labute approximate surface area is 290 Å². The van der Waals surface area contributed by atoms with Crippen LogP contribution < -0.4 is 20.3 Å². The van der Waals surface area contributed by atoms with Crippen molar-refractivity contribution in [1.82, 2.24) is 20.1 Å². The van der Waals surface area contributed by atoms with Crippen molar-refractivity contribution in [2.75, 3.05) is 57.0 Å². The molecule has 2 aromatic heterocycles. The molecule has 1 fully saturated rings. The summed E-state index contributed by atoms with van der Waals surface area (Å²) in [6, 6.07) is 25.8. The Bertz CT molecular complexity index is 1910. The van der Waals surface area contributed by atoms with Gasteiger partial charge in [-0.05, 0) is 61.5 Å². The van der Waals surface area contributed by atoms with Gasteiger partial charge in [-0.3, -0.25) is 19.5 Å². The summed E-state index contributed by atoms with van der Waals surface area (Å²) in [7, 11) is 3.78. The van der Waals surface area contributed by atoms with Gasteiger partial charge in [0.05, 0.1) is 10.2 Å². The number of aromatic nitrogens is 1. The number of carbonyl (C=O) groups is 2. The molecule has 0 bridgehead atoms. The third-order valence-corrected chi connectivity index (χ3v) is 9.82. The second-order valence-corrected chi connectivity index (χ2v) is 13.5. The Hall–Kier alpha value is -4.68. The van der Waals surface area contributed by atoms with Crippen molar-refractivity contribution in [3.8, 4) is 21.9 Å². The highest BCUT2D eigenvalue weighted by molar-refractivity contribution is 7.22. The highest BCUT2D eigenvalue weighted by Gasteiger charge is 2.18. The van der Waals surface area contributed by atoms with E-state index in [9.17, 15) is 9.59 Å². The Morgan fingerprint density at radius 2 is 1.78 bits per heavy atom. The van der Waals surface area contributed by atoms with Gasteiger partial charge < -0.3 is 25.2 Å². The number of para-hydroxylation sites is 1. The van der Waals surface area contributed by atoms with Crippen molar-refractivity contribution in [2.24, 2.45) is 0 Å². The van der Waals surface area contributed by atoms with Crippen LogP contribution in [0.4, 0.5) is 15.8 Å². The van der Waals surface area contributed by atoms with Gasteiger partial charge in [0.2, 0.25) is 11.8 Å². The molecule has 0 saturated carbocycles. The summed E-state index contributed by atoms with van der Waals surface area (Å²) in [4.78, 5) is 37.0. The molecule has 0 spiro atoms. The fourth-order valence-electron chi connectivity index (χ4n) is 5.78. The monoisotopic (exact) mass is 680 g/mol. The number of pyridine rings is 1. The maximum atomic E-state index is 15.2. The third-order valence-electron chi connectivity index (χ3n) is 8.63. The highest BCUT2D eigenvalue weighted by Crippen LogP contribution is 2.40. The van der Waals surface area contributed by atoms with Crippen LogP contribution in [0.3, 0.4) is 0 Å². The number of ether oxygens (including phenoxy) is 1. The molecule has 1 saturated heterocycles. The van der Waals surface area contributed by atoms with Gasteiger partial charge in [-0.25, -0.2) is 4.39 Å². The summed E-state index contributed by atoms with van der Waals surface area (Å²) in [5.74, 6) is -1.06. The number of likely N-dealkylation sites (N-methyl/N-ethyl adjacent to an activating group) is 1. The second kappa shape index (κ2) is 15.7. The Kier molecular flexibility index (Phi) is 10.9. The quantitative estimate of drug-likeness (QED) is 0.143. The van der Waals surface area contributed by atoms with Gasteiger partial charge in [0, 0.05) is 86.9 Å². The van der Waals surface area contributed by atoms with E-state index in [0.717, 1.165) is 59.9 Å². The van der Waals surface area contributed by atoms with E-state index in [1.54, 1.807) is 48.8 Å². The van der Waals surface area contributed by atoms with Crippen LogP contribution in [0, 0.1) is 5.82 Å². The minimum absolute atomic E-state index is 0.0131. The zero-order valence-corrected chi connectivity index (χ0v) is 28.8. The zero-order chi connectivity index (χ0) is 34.3. The number of benzene rings is 3. The number of thiophene rings is 1. The van der Waals surface area contributed by atoms with E-state index in [1.807, 2.05) is 24.3 Å². The SMILES string of the molecule is CC(CN1CCN(C)CC1)NCc1cccc(-c2cc3nccc(Oc4ccc(NC(=O)CC(=O)N(C)c5ccccc5)cc4F)c3s2)c1. The molecule has 2 N–H and O–H groups in total. The number of piperazine rings is 1. The lowest BCUT2D eigenvalue weighted by molar-refractivity contribution is -0.125. The van der Waals surface area contributed by atoms with Crippen LogP contribution in [0.15, 0.2) is 91.1 Å². The minimum Gasteiger partial charge on any atom is -0.453 e. The predicted molar refractivity (Wildman–Crippen MR) is 195 cm³/mol. The maximum absolute atomic E-state index is 15.2. The number of fused-ring (bicyclic) bond motifs is 1. The zero-order valence-electron chi connectivity index (χ0n) is 28.0. The Morgan fingerprint density at radius 1 is 0.980 bits per heavy atom. The van der Waals surface area contributed by atoms with E-state index < -0.39 is 11.7 Å². The van der Waals surface area contributed by atoms with Crippen molar-refractivity contribution >= 4 is 44.7 Å². The first-order chi connectivity index (χ1) is 23.7. The lowest BCUT2D eigenvalue weighted by Crippen LogP contribution is -2.48. The van der Waals surface area contributed by atoms with Gasteiger partial charge in [-0.2, -0.15) is 0 Å². The number of hydrogen-bond acceptors (Lipinski definition) is 8. The Morgan fingerprint density at radius 3 is 2.55 bits per heavy atom. The van der Waals surface area contributed by atoms with Gasteiger partial charge in [-0.1, -0.05) is 36.4 Å². The molecule has 5 aromatic rings. The smallest absolute Gasteiger partial charge is 0.236 e. The largest absolute Gasteiger partial charge is 0.453 e. The summed E-state index contributed by atoms with van der Waals surface area (Å²) in [5.41, 5.74) is 3.95. The van der Waals surface area contributed by atoms with Crippen LogP contribution in [-0.4, -0.2) is 79.5 Å². The Balaban J connectivity index is 1.08. The lowest BCUT2D eigenvalue weighted by atomic mass is 10.1. The molecule has 3 aromatic carbocycles. The summed E-state index contributed by atoms with van der Waals surface area (Å²) in [6.45, 7) is 8.49. The molecule has 0 aliphatic carbocycles. The van der Waals surface area contributed by atoms with Crippen molar-refractivity contribution in [3.05, 3.63) is 103 Å². The van der Waals surface area contributed by atoms with Crippen molar-refractivity contribution in [1.29, 1.82) is 0 Å². The molecule has 2 amide bonds. The normalized spacial score (nSPS) is 14.4. The van der Waals surface area contributed by atoms with Gasteiger partial charge in [0.15, 0.2) is 11.6 Å². The fourth-order valence-corrected chi connectivity index (χ4v) is 6.84. The number of carbonyl (C=O) groups excluding carboxylic acids is 2. The minimum atomic E-state index is -0.644. The van der Waals surface area contributed by atoms with E-state index in [4.69, 9.17) is 4.74 Å². The van der Waals surface area contributed by atoms with Gasteiger partial charge in [0.25, 0.3) is 0 Å². The molecule has 9 nitrogen and oxygen atoms in total. The van der Waals surface area contributed by atoms with Crippen LogP contribution >= 0.6 is 11.3 Å². The van der Waals surface area contributed by atoms with Crippen LogP contribution in [-0.2, 0) is 16.1 Å². The van der Waals surface area contributed by atoms with Crippen LogP contribution in [0.2, 0.25) is 0 Å². The van der Waals surface area contributed by atoms with E-state index >= 15 is 4.39 Å². The molecule has 1 aliphatic heterocycles. The lowest BCUT2D eigenvalue weighted by Gasteiger charge is -2.34. The molecule has 11 heteroatoms. The van der Waals surface area contributed by atoms with Gasteiger partial charge >= 0.3 is 0 Å². The summed E-state index contributed by atoms with van der Waals surface area (Å²) >= 11 is 1.54. The van der Waals surface area contributed by atoms with Crippen molar-refractivity contribution in [3.63, 3.8) is 0 Å². The average molecular weight is 681 g/mol. The molecule has 1 unspecified atom stereocenters.